The first kappa shape index (κ1) is 17.7. The van der Waals surface area contributed by atoms with Crippen LogP contribution in [-0.4, -0.2) is 42.9 Å². The number of hydrogen-bond donors (Lipinski definition) is 1. The fourth-order valence-corrected chi connectivity index (χ4v) is 8.46. The molecule has 0 aromatic rings. The Morgan fingerprint density at radius 1 is 0.962 bits per heavy atom. The van der Waals surface area contributed by atoms with Crippen LogP contribution in [0.5, 0.6) is 0 Å². The fraction of sp³-hybridized carbons (Fsp3) is 0.957. The van der Waals surface area contributed by atoms with Crippen LogP contribution in [0.15, 0.2) is 0 Å². The standard InChI is InChI=1S/C23H38N2O/c1-22-10-9-20-18(19(22)7-8-21(22)26)6-4-16-3-5-17(15-23(16,20)2)25-13-11-24-12-14-25/h16-20,24H,3-15H2,1-2H3. The zero-order chi connectivity index (χ0) is 17.9. The molecule has 4 aliphatic carbocycles. The lowest BCUT2D eigenvalue weighted by atomic mass is 9.45. The third kappa shape index (κ3) is 2.49. The summed E-state index contributed by atoms with van der Waals surface area (Å²) in [4.78, 5) is 15.4. The Morgan fingerprint density at radius 3 is 2.54 bits per heavy atom. The molecule has 146 valence electrons. The van der Waals surface area contributed by atoms with Crippen molar-refractivity contribution >= 4 is 5.78 Å². The molecule has 0 spiro atoms. The highest BCUT2D eigenvalue weighted by molar-refractivity contribution is 5.87. The lowest BCUT2D eigenvalue weighted by Crippen LogP contribution is -2.57. The Labute approximate surface area is 159 Å². The molecule has 0 amide bonds. The van der Waals surface area contributed by atoms with E-state index in [1.807, 2.05) is 0 Å². The average molecular weight is 359 g/mol. The van der Waals surface area contributed by atoms with Crippen LogP contribution in [0.3, 0.4) is 0 Å². The molecule has 0 bridgehead atoms. The van der Waals surface area contributed by atoms with Crippen LogP contribution in [0.25, 0.3) is 0 Å². The normalized spacial score (nSPS) is 52.2. The van der Waals surface area contributed by atoms with Crippen LogP contribution in [0.1, 0.15) is 71.6 Å². The van der Waals surface area contributed by atoms with E-state index in [0.717, 1.165) is 30.2 Å². The minimum Gasteiger partial charge on any atom is -0.314 e. The number of piperazine rings is 1. The molecule has 3 heteroatoms. The van der Waals surface area contributed by atoms with Crippen molar-refractivity contribution in [3.05, 3.63) is 0 Å². The van der Waals surface area contributed by atoms with E-state index >= 15 is 0 Å². The van der Waals surface area contributed by atoms with Gasteiger partial charge in [-0.05, 0) is 80.5 Å². The van der Waals surface area contributed by atoms with E-state index in [0.29, 0.717) is 17.1 Å². The molecule has 1 aliphatic heterocycles. The van der Waals surface area contributed by atoms with Gasteiger partial charge in [-0.3, -0.25) is 9.69 Å². The molecule has 0 aromatic heterocycles. The number of nitrogens with zero attached hydrogens (tertiary/aromatic N) is 1. The van der Waals surface area contributed by atoms with Crippen molar-refractivity contribution in [1.82, 2.24) is 10.2 Å². The highest BCUT2D eigenvalue weighted by Gasteiger charge is 2.60. The third-order valence-electron chi connectivity index (χ3n) is 9.97. The molecule has 1 N–H and O–H groups in total. The van der Waals surface area contributed by atoms with Gasteiger partial charge >= 0.3 is 0 Å². The van der Waals surface area contributed by atoms with Gasteiger partial charge < -0.3 is 5.32 Å². The number of rotatable bonds is 1. The fourth-order valence-electron chi connectivity index (χ4n) is 8.46. The van der Waals surface area contributed by atoms with Crippen molar-refractivity contribution in [1.29, 1.82) is 0 Å². The van der Waals surface area contributed by atoms with Crippen molar-refractivity contribution in [2.24, 2.45) is 34.5 Å². The number of nitrogens with one attached hydrogen (secondary N) is 1. The van der Waals surface area contributed by atoms with Gasteiger partial charge in [0, 0.05) is 44.1 Å². The monoisotopic (exact) mass is 358 g/mol. The van der Waals surface area contributed by atoms with Crippen molar-refractivity contribution in [2.45, 2.75) is 77.7 Å². The minimum absolute atomic E-state index is 0.0387. The van der Waals surface area contributed by atoms with E-state index in [1.54, 1.807) is 0 Å². The maximum absolute atomic E-state index is 12.6. The molecule has 5 aliphatic rings. The molecule has 1 saturated heterocycles. The predicted molar refractivity (Wildman–Crippen MR) is 105 cm³/mol. The summed E-state index contributed by atoms with van der Waals surface area (Å²) in [6.07, 6.45) is 11.7. The van der Waals surface area contributed by atoms with Crippen molar-refractivity contribution in [2.75, 3.05) is 26.2 Å². The number of ketones is 1. The predicted octanol–water partition coefficient (Wildman–Crippen LogP) is 3.87. The largest absolute Gasteiger partial charge is 0.314 e. The summed E-state index contributed by atoms with van der Waals surface area (Å²) in [6, 6.07) is 0.815. The summed E-state index contributed by atoms with van der Waals surface area (Å²) >= 11 is 0. The van der Waals surface area contributed by atoms with Crippen LogP contribution in [0.4, 0.5) is 0 Å². The van der Waals surface area contributed by atoms with Crippen molar-refractivity contribution < 1.29 is 4.79 Å². The Bertz CT molecular complexity index is 571. The molecule has 0 radical (unpaired) electrons. The Morgan fingerprint density at radius 2 is 1.73 bits per heavy atom. The summed E-state index contributed by atoms with van der Waals surface area (Å²) in [5, 5.41) is 3.52. The van der Waals surface area contributed by atoms with Crippen LogP contribution < -0.4 is 5.32 Å². The number of hydrogen-bond acceptors (Lipinski definition) is 3. The number of fused-ring (bicyclic) bond motifs is 5. The molecule has 7 atom stereocenters. The zero-order valence-corrected chi connectivity index (χ0v) is 16.9. The minimum atomic E-state index is 0.0387. The van der Waals surface area contributed by atoms with Crippen LogP contribution in [0, 0.1) is 34.5 Å². The second-order valence-corrected chi connectivity index (χ2v) is 10.8. The molecular weight excluding hydrogens is 320 g/mol. The third-order valence-corrected chi connectivity index (χ3v) is 9.97. The van der Waals surface area contributed by atoms with Gasteiger partial charge in [0.05, 0.1) is 0 Å². The summed E-state index contributed by atoms with van der Waals surface area (Å²) in [6.45, 7) is 9.82. The van der Waals surface area contributed by atoms with E-state index in [1.165, 1.54) is 77.5 Å². The second-order valence-electron chi connectivity index (χ2n) is 10.8. The van der Waals surface area contributed by atoms with Gasteiger partial charge in [-0.2, -0.15) is 0 Å². The van der Waals surface area contributed by atoms with Crippen LogP contribution >= 0.6 is 0 Å². The van der Waals surface area contributed by atoms with Gasteiger partial charge in [-0.1, -0.05) is 13.8 Å². The van der Waals surface area contributed by atoms with Gasteiger partial charge in [0.15, 0.2) is 0 Å². The molecule has 7 unspecified atom stereocenters. The quantitative estimate of drug-likeness (QED) is 0.772. The van der Waals surface area contributed by atoms with E-state index in [9.17, 15) is 4.79 Å². The van der Waals surface area contributed by atoms with Gasteiger partial charge in [0.1, 0.15) is 5.78 Å². The highest BCUT2D eigenvalue weighted by Crippen LogP contribution is 2.65. The molecule has 4 saturated carbocycles. The van der Waals surface area contributed by atoms with Crippen LogP contribution in [-0.2, 0) is 4.79 Å². The van der Waals surface area contributed by atoms with Crippen LogP contribution in [0.2, 0.25) is 0 Å². The van der Waals surface area contributed by atoms with E-state index < -0.39 is 0 Å². The Balaban J connectivity index is 1.39. The highest BCUT2D eigenvalue weighted by atomic mass is 16.1. The first-order valence-corrected chi connectivity index (χ1v) is 11.5. The van der Waals surface area contributed by atoms with E-state index in [4.69, 9.17) is 0 Å². The van der Waals surface area contributed by atoms with Crippen molar-refractivity contribution in [3.63, 3.8) is 0 Å². The summed E-state index contributed by atoms with van der Waals surface area (Å²) in [5.74, 6) is 3.96. The van der Waals surface area contributed by atoms with Gasteiger partial charge in [-0.15, -0.1) is 0 Å². The zero-order valence-electron chi connectivity index (χ0n) is 16.9. The average Bonchev–Trinajstić information content (AvgIpc) is 2.96. The Kier molecular flexibility index (Phi) is 4.29. The lowest BCUT2D eigenvalue weighted by Gasteiger charge is -2.61. The maximum Gasteiger partial charge on any atom is 0.139 e. The van der Waals surface area contributed by atoms with Gasteiger partial charge in [0.25, 0.3) is 0 Å². The lowest BCUT2D eigenvalue weighted by molar-refractivity contribution is -0.141. The van der Waals surface area contributed by atoms with Crippen molar-refractivity contribution in [3.8, 4) is 0 Å². The smallest absolute Gasteiger partial charge is 0.139 e. The molecule has 5 rings (SSSR count). The van der Waals surface area contributed by atoms with Gasteiger partial charge in [0.2, 0.25) is 0 Å². The first-order valence-electron chi connectivity index (χ1n) is 11.5. The number of carbonyl (C=O) groups excluding carboxylic acids is 1. The number of carbonyl (C=O) groups is 1. The molecule has 3 nitrogen and oxygen atoms in total. The molecule has 5 fully saturated rings. The summed E-state index contributed by atoms with van der Waals surface area (Å²) in [5.41, 5.74) is 0.570. The second kappa shape index (κ2) is 6.30. The number of Topliss-reactive ketones (excluding diaryl/α,β-unsaturated/α-hetero) is 1. The summed E-state index contributed by atoms with van der Waals surface area (Å²) in [7, 11) is 0. The Hall–Kier alpha value is -0.410. The summed E-state index contributed by atoms with van der Waals surface area (Å²) < 4.78 is 0. The molecular formula is C23H38N2O. The van der Waals surface area contributed by atoms with E-state index in [-0.39, 0.29) is 5.41 Å². The molecule has 26 heavy (non-hydrogen) atoms. The van der Waals surface area contributed by atoms with Gasteiger partial charge in [-0.25, -0.2) is 0 Å². The SMILES string of the molecule is CC12CCC3C(CCC4CCC(N5CCNCC5)CC43C)C1CCC2=O. The molecule has 1 heterocycles. The molecule has 0 aromatic carbocycles. The topological polar surface area (TPSA) is 32.3 Å². The maximum atomic E-state index is 12.6. The first-order chi connectivity index (χ1) is 12.5. The van der Waals surface area contributed by atoms with E-state index in [2.05, 4.69) is 24.1 Å².